The van der Waals surface area contributed by atoms with Crippen LogP contribution < -0.4 is 10.6 Å². The van der Waals surface area contributed by atoms with Crippen molar-refractivity contribution in [3.63, 3.8) is 0 Å². The highest BCUT2D eigenvalue weighted by Crippen LogP contribution is 2.28. The van der Waals surface area contributed by atoms with Crippen molar-refractivity contribution < 1.29 is 4.39 Å². The summed E-state index contributed by atoms with van der Waals surface area (Å²) in [6.45, 7) is 3.84. The van der Waals surface area contributed by atoms with Crippen LogP contribution in [0.25, 0.3) is 0 Å². The van der Waals surface area contributed by atoms with Gasteiger partial charge in [-0.25, -0.2) is 9.37 Å². The summed E-state index contributed by atoms with van der Waals surface area (Å²) >= 11 is 5.11. The van der Waals surface area contributed by atoms with E-state index in [0.29, 0.717) is 11.5 Å². The number of nitrogens with zero attached hydrogens (tertiary/aromatic N) is 2. The Hall–Kier alpha value is -2.01. The molecule has 20 heavy (non-hydrogen) atoms. The third kappa shape index (κ3) is 2.77. The van der Waals surface area contributed by atoms with Crippen LogP contribution in [0.3, 0.4) is 0 Å². The molecule has 0 aliphatic carbocycles. The smallest absolute Gasteiger partial charge is 0.143 e. The minimum absolute atomic E-state index is 0.285. The molecule has 0 aliphatic rings. The summed E-state index contributed by atoms with van der Waals surface area (Å²) < 4.78 is 13.4. The number of rotatable bonds is 3. The number of hydrogen-bond acceptors (Lipinski definition) is 3. The number of aryl methyl sites for hydroxylation is 2. The standard InChI is InChI=1S/C15H16FN3S/c1-9-7-10(2)18-15(13(9)14(17)20)19(3)12-6-4-5-11(16)8-12/h4-8H,1-3H3,(H2,17,20). The van der Waals surface area contributed by atoms with Gasteiger partial charge < -0.3 is 10.6 Å². The molecule has 1 aromatic carbocycles. The van der Waals surface area contributed by atoms with E-state index >= 15 is 0 Å². The second-order valence-corrected chi connectivity index (χ2v) is 5.12. The molecule has 0 radical (unpaired) electrons. The van der Waals surface area contributed by atoms with Gasteiger partial charge in [0.2, 0.25) is 0 Å². The van der Waals surface area contributed by atoms with Gasteiger partial charge in [0.25, 0.3) is 0 Å². The number of aromatic nitrogens is 1. The Morgan fingerprint density at radius 3 is 2.60 bits per heavy atom. The molecule has 2 aromatic rings. The maximum atomic E-state index is 13.4. The summed E-state index contributed by atoms with van der Waals surface area (Å²) in [4.78, 5) is 6.57. The van der Waals surface area contributed by atoms with Crippen LogP contribution in [0.15, 0.2) is 30.3 Å². The normalized spacial score (nSPS) is 10.4. The predicted molar refractivity (Wildman–Crippen MR) is 84.1 cm³/mol. The van der Waals surface area contributed by atoms with Gasteiger partial charge in [-0.05, 0) is 43.7 Å². The Kier molecular flexibility index (Phi) is 3.99. The second-order valence-electron chi connectivity index (χ2n) is 4.68. The van der Waals surface area contributed by atoms with Gasteiger partial charge in [-0.1, -0.05) is 18.3 Å². The maximum Gasteiger partial charge on any atom is 0.143 e. The zero-order valence-corrected chi connectivity index (χ0v) is 12.5. The summed E-state index contributed by atoms with van der Waals surface area (Å²) in [5.74, 6) is 0.344. The van der Waals surface area contributed by atoms with E-state index in [2.05, 4.69) is 4.98 Å². The van der Waals surface area contributed by atoms with E-state index in [1.54, 1.807) is 11.0 Å². The molecule has 0 atom stereocenters. The minimum Gasteiger partial charge on any atom is -0.389 e. The largest absolute Gasteiger partial charge is 0.389 e. The van der Waals surface area contributed by atoms with Crippen molar-refractivity contribution in [1.29, 1.82) is 0 Å². The van der Waals surface area contributed by atoms with Crippen molar-refractivity contribution in [2.75, 3.05) is 11.9 Å². The summed E-state index contributed by atoms with van der Waals surface area (Å²) in [5.41, 5.74) is 9.04. The maximum absolute atomic E-state index is 13.4. The van der Waals surface area contributed by atoms with Crippen LogP contribution in [0.4, 0.5) is 15.9 Å². The first-order valence-electron chi connectivity index (χ1n) is 6.17. The van der Waals surface area contributed by atoms with E-state index < -0.39 is 0 Å². The molecule has 0 fully saturated rings. The lowest BCUT2D eigenvalue weighted by atomic mass is 10.1. The summed E-state index contributed by atoms with van der Waals surface area (Å²) in [6, 6.07) is 8.25. The van der Waals surface area contributed by atoms with Crippen LogP contribution in [-0.4, -0.2) is 17.0 Å². The lowest BCUT2D eigenvalue weighted by Crippen LogP contribution is -2.21. The summed E-state index contributed by atoms with van der Waals surface area (Å²) in [5, 5.41) is 0. The molecule has 0 unspecified atom stereocenters. The van der Waals surface area contributed by atoms with Gasteiger partial charge in [0, 0.05) is 18.4 Å². The average molecular weight is 289 g/mol. The molecule has 0 aliphatic heterocycles. The van der Waals surface area contributed by atoms with Crippen LogP contribution in [0.5, 0.6) is 0 Å². The van der Waals surface area contributed by atoms with Gasteiger partial charge in [-0.2, -0.15) is 0 Å². The van der Waals surface area contributed by atoms with Crippen molar-refractivity contribution >= 4 is 28.7 Å². The topological polar surface area (TPSA) is 42.1 Å². The number of anilines is 2. The van der Waals surface area contributed by atoms with Gasteiger partial charge >= 0.3 is 0 Å². The highest BCUT2D eigenvalue weighted by molar-refractivity contribution is 7.80. The molecular weight excluding hydrogens is 273 g/mol. The number of halogens is 1. The van der Waals surface area contributed by atoms with Gasteiger partial charge in [-0.3, -0.25) is 0 Å². The molecule has 5 heteroatoms. The molecular formula is C15H16FN3S. The zero-order chi connectivity index (χ0) is 14.9. The van der Waals surface area contributed by atoms with Crippen molar-refractivity contribution in [1.82, 2.24) is 4.98 Å². The Morgan fingerprint density at radius 1 is 1.30 bits per heavy atom. The van der Waals surface area contributed by atoms with Gasteiger partial charge in [0.15, 0.2) is 0 Å². The summed E-state index contributed by atoms with van der Waals surface area (Å²) in [7, 11) is 1.82. The van der Waals surface area contributed by atoms with Crippen molar-refractivity contribution in [2.24, 2.45) is 5.73 Å². The third-order valence-corrected chi connectivity index (χ3v) is 3.29. The zero-order valence-electron chi connectivity index (χ0n) is 11.6. The van der Waals surface area contributed by atoms with Crippen LogP contribution in [0, 0.1) is 19.7 Å². The number of hydrogen-bond donors (Lipinski definition) is 1. The molecule has 1 aromatic heterocycles. The molecule has 0 saturated heterocycles. The van der Waals surface area contributed by atoms with Crippen LogP contribution in [-0.2, 0) is 0 Å². The fourth-order valence-electron chi connectivity index (χ4n) is 2.17. The third-order valence-electron chi connectivity index (χ3n) is 3.09. The van der Waals surface area contributed by atoms with Crippen LogP contribution in [0.1, 0.15) is 16.8 Å². The monoisotopic (exact) mass is 289 g/mol. The summed E-state index contributed by atoms with van der Waals surface area (Å²) in [6.07, 6.45) is 0. The van der Waals surface area contributed by atoms with Crippen LogP contribution in [0.2, 0.25) is 0 Å². The van der Waals surface area contributed by atoms with Gasteiger partial charge in [0.1, 0.15) is 16.6 Å². The Morgan fingerprint density at radius 2 is 2.00 bits per heavy atom. The molecule has 0 saturated carbocycles. The molecule has 2 N–H and O–H groups in total. The van der Waals surface area contributed by atoms with E-state index in [9.17, 15) is 4.39 Å². The van der Waals surface area contributed by atoms with E-state index in [1.807, 2.05) is 33.0 Å². The number of benzene rings is 1. The second kappa shape index (κ2) is 5.54. The molecule has 0 bridgehead atoms. The Balaban J connectivity index is 2.59. The first-order chi connectivity index (χ1) is 9.40. The molecule has 0 spiro atoms. The van der Waals surface area contributed by atoms with Gasteiger partial charge in [0.05, 0.1) is 5.56 Å². The van der Waals surface area contributed by atoms with E-state index in [0.717, 1.165) is 16.8 Å². The minimum atomic E-state index is -0.296. The lowest BCUT2D eigenvalue weighted by Gasteiger charge is -2.23. The number of pyridine rings is 1. The fraction of sp³-hybridized carbons (Fsp3) is 0.200. The van der Waals surface area contributed by atoms with Gasteiger partial charge in [-0.15, -0.1) is 0 Å². The number of thiocarbonyl (C=S) groups is 1. The highest BCUT2D eigenvalue weighted by atomic mass is 32.1. The van der Waals surface area contributed by atoms with E-state index in [4.69, 9.17) is 18.0 Å². The molecule has 3 nitrogen and oxygen atoms in total. The van der Waals surface area contributed by atoms with Crippen molar-refractivity contribution in [3.05, 3.63) is 53.0 Å². The van der Waals surface area contributed by atoms with E-state index in [1.165, 1.54) is 12.1 Å². The van der Waals surface area contributed by atoms with Crippen molar-refractivity contribution in [3.8, 4) is 0 Å². The molecule has 104 valence electrons. The first kappa shape index (κ1) is 14.4. The lowest BCUT2D eigenvalue weighted by molar-refractivity contribution is 0.628. The van der Waals surface area contributed by atoms with Crippen molar-refractivity contribution in [2.45, 2.75) is 13.8 Å². The van der Waals surface area contributed by atoms with Crippen LogP contribution >= 0.6 is 12.2 Å². The Bertz CT molecular complexity index is 670. The predicted octanol–water partition coefficient (Wildman–Crippen LogP) is 3.24. The number of nitrogens with two attached hydrogens (primary N) is 1. The molecule has 0 amide bonds. The SMILES string of the molecule is Cc1cc(C)c(C(N)=S)c(N(C)c2cccc(F)c2)n1. The van der Waals surface area contributed by atoms with E-state index in [-0.39, 0.29) is 10.8 Å². The Labute approximate surface area is 123 Å². The molecule has 1 heterocycles. The first-order valence-corrected chi connectivity index (χ1v) is 6.58. The fourth-order valence-corrected chi connectivity index (χ4v) is 2.42. The molecule has 2 rings (SSSR count). The average Bonchev–Trinajstić information content (AvgIpc) is 2.36. The highest BCUT2D eigenvalue weighted by Gasteiger charge is 2.16. The quantitative estimate of drug-likeness (QED) is 0.881.